The van der Waals surface area contributed by atoms with E-state index in [1.807, 2.05) is 0 Å². The number of hydrogen-bond acceptors (Lipinski definition) is 5. The van der Waals surface area contributed by atoms with Crippen molar-refractivity contribution in [3.8, 4) is 0 Å². The fourth-order valence-electron chi connectivity index (χ4n) is 1.39. The van der Waals surface area contributed by atoms with Gasteiger partial charge in [0.25, 0.3) is 0 Å². The van der Waals surface area contributed by atoms with Gasteiger partial charge in [0.2, 0.25) is 5.91 Å². The predicted molar refractivity (Wildman–Crippen MR) is 64.6 cm³/mol. The van der Waals surface area contributed by atoms with E-state index in [0.29, 0.717) is 17.3 Å². The Labute approximate surface area is 98.3 Å². The number of nitrogens with two attached hydrogens (primary N) is 1. The van der Waals surface area contributed by atoms with Gasteiger partial charge < -0.3 is 20.4 Å². The number of rotatable bonds is 3. The molecular weight excluding hydrogens is 220 g/mol. The number of fused-ring (bicyclic) bond motifs is 1. The summed E-state index contributed by atoms with van der Waals surface area (Å²) in [6.07, 6.45) is 5.09. The molecule has 0 fully saturated rings. The first kappa shape index (κ1) is 11.2. The third-order valence-electron chi connectivity index (χ3n) is 2.30. The summed E-state index contributed by atoms with van der Waals surface area (Å²) >= 11 is 0. The van der Waals surface area contributed by atoms with Crippen molar-refractivity contribution in [1.82, 2.24) is 19.3 Å². The van der Waals surface area contributed by atoms with Gasteiger partial charge in [0.1, 0.15) is 5.82 Å². The summed E-state index contributed by atoms with van der Waals surface area (Å²) in [5, 5.41) is 2.93. The lowest BCUT2D eigenvalue weighted by Gasteiger charge is -2.11. The van der Waals surface area contributed by atoms with E-state index >= 15 is 0 Å². The number of carbonyl (C=O) groups is 1. The zero-order valence-electron chi connectivity index (χ0n) is 9.71. The zero-order valence-corrected chi connectivity index (χ0v) is 9.71. The molecule has 0 aromatic carbocycles. The SMILES string of the molecule is CN(C)C(=O)CNc1nc(N)cn2ccnc12. The highest BCUT2D eigenvalue weighted by atomic mass is 16.2. The van der Waals surface area contributed by atoms with Gasteiger partial charge in [0.15, 0.2) is 11.5 Å². The Morgan fingerprint density at radius 2 is 2.35 bits per heavy atom. The molecule has 2 heterocycles. The molecule has 0 aliphatic heterocycles. The fourth-order valence-corrected chi connectivity index (χ4v) is 1.39. The van der Waals surface area contributed by atoms with Crippen molar-refractivity contribution in [2.75, 3.05) is 31.7 Å². The van der Waals surface area contributed by atoms with Crippen LogP contribution in [0.1, 0.15) is 0 Å². The van der Waals surface area contributed by atoms with Gasteiger partial charge in [-0.3, -0.25) is 4.79 Å². The van der Waals surface area contributed by atoms with E-state index in [-0.39, 0.29) is 12.5 Å². The third kappa shape index (κ3) is 2.27. The highest BCUT2D eigenvalue weighted by Crippen LogP contribution is 2.13. The molecule has 2 aromatic heterocycles. The summed E-state index contributed by atoms with van der Waals surface area (Å²) in [5.74, 6) is 0.833. The first-order chi connectivity index (χ1) is 8.08. The molecule has 0 aliphatic carbocycles. The Morgan fingerprint density at radius 3 is 3.06 bits per heavy atom. The van der Waals surface area contributed by atoms with Crippen molar-refractivity contribution in [3.63, 3.8) is 0 Å². The number of likely N-dealkylation sites (N-methyl/N-ethyl adjacent to an activating group) is 1. The van der Waals surface area contributed by atoms with Crippen molar-refractivity contribution in [1.29, 1.82) is 0 Å². The first-order valence-corrected chi connectivity index (χ1v) is 5.11. The van der Waals surface area contributed by atoms with Crippen LogP contribution in [0.15, 0.2) is 18.6 Å². The van der Waals surface area contributed by atoms with Crippen LogP contribution in [0.3, 0.4) is 0 Å². The Hall–Kier alpha value is -2.31. The van der Waals surface area contributed by atoms with Crippen LogP contribution < -0.4 is 11.1 Å². The Morgan fingerprint density at radius 1 is 1.59 bits per heavy atom. The standard InChI is InChI=1S/C10H14N6O/c1-15(2)8(17)5-13-9-10-12-3-4-16(10)6-7(11)14-9/h3-4,6H,5,11H2,1-2H3,(H,13,14). The molecule has 2 aromatic rings. The number of nitrogen functional groups attached to an aromatic ring is 1. The highest BCUT2D eigenvalue weighted by Gasteiger charge is 2.08. The predicted octanol–water partition coefficient (Wildman–Crippen LogP) is -0.188. The lowest BCUT2D eigenvalue weighted by molar-refractivity contribution is -0.126. The number of imidazole rings is 1. The fraction of sp³-hybridized carbons (Fsp3) is 0.300. The number of amides is 1. The molecule has 17 heavy (non-hydrogen) atoms. The lowest BCUT2D eigenvalue weighted by atomic mass is 10.5. The number of nitrogens with zero attached hydrogens (tertiary/aromatic N) is 4. The largest absolute Gasteiger partial charge is 0.382 e. The van der Waals surface area contributed by atoms with Gasteiger partial charge in [-0.05, 0) is 0 Å². The third-order valence-corrected chi connectivity index (χ3v) is 2.30. The monoisotopic (exact) mass is 234 g/mol. The minimum absolute atomic E-state index is 0.0427. The van der Waals surface area contributed by atoms with Crippen molar-refractivity contribution in [2.24, 2.45) is 0 Å². The molecule has 1 amide bonds. The van der Waals surface area contributed by atoms with Crippen LogP contribution in [0.2, 0.25) is 0 Å². The first-order valence-electron chi connectivity index (χ1n) is 5.11. The topological polar surface area (TPSA) is 88.5 Å². The second-order valence-electron chi connectivity index (χ2n) is 3.81. The highest BCUT2D eigenvalue weighted by molar-refractivity contribution is 5.81. The van der Waals surface area contributed by atoms with Crippen LogP contribution in [0.25, 0.3) is 5.65 Å². The Bertz CT molecular complexity index is 547. The summed E-state index contributed by atoms with van der Waals surface area (Å²) in [6.45, 7) is 0.159. The van der Waals surface area contributed by atoms with Crippen molar-refractivity contribution in [3.05, 3.63) is 18.6 Å². The molecule has 0 bridgehead atoms. The maximum Gasteiger partial charge on any atom is 0.241 e. The molecule has 0 spiro atoms. The Balaban J connectivity index is 2.23. The molecule has 0 saturated heterocycles. The minimum atomic E-state index is -0.0427. The minimum Gasteiger partial charge on any atom is -0.382 e. The second-order valence-corrected chi connectivity index (χ2v) is 3.81. The van der Waals surface area contributed by atoms with Gasteiger partial charge in [-0.2, -0.15) is 0 Å². The molecule has 7 heteroatoms. The van der Waals surface area contributed by atoms with Gasteiger partial charge >= 0.3 is 0 Å². The van der Waals surface area contributed by atoms with Crippen molar-refractivity contribution in [2.45, 2.75) is 0 Å². The van der Waals surface area contributed by atoms with E-state index in [1.165, 1.54) is 4.90 Å². The molecule has 0 aliphatic rings. The molecule has 7 nitrogen and oxygen atoms in total. The smallest absolute Gasteiger partial charge is 0.241 e. The van der Waals surface area contributed by atoms with Crippen LogP contribution in [-0.4, -0.2) is 45.8 Å². The summed E-state index contributed by atoms with van der Waals surface area (Å²) in [4.78, 5) is 21.2. The van der Waals surface area contributed by atoms with E-state index in [0.717, 1.165) is 0 Å². The van der Waals surface area contributed by atoms with E-state index in [4.69, 9.17) is 5.73 Å². The van der Waals surface area contributed by atoms with Gasteiger partial charge in [0, 0.05) is 26.5 Å². The number of hydrogen-bond donors (Lipinski definition) is 2. The van der Waals surface area contributed by atoms with E-state index in [2.05, 4.69) is 15.3 Å². The van der Waals surface area contributed by atoms with Crippen LogP contribution in [0.4, 0.5) is 11.6 Å². The average molecular weight is 234 g/mol. The number of carbonyl (C=O) groups excluding carboxylic acids is 1. The van der Waals surface area contributed by atoms with E-state index < -0.39 is 0 Å². The number of anilines is 2. The van der Waals surface area contributed by atoms with Gasteiger partial charge in [-0.1, -0.05) is 0 Å². The van der Waals surface area contributed by atoms with E-state index in [1.54, 1.807) is 37.1 Å². The van der Waals surface area contributed by atoms with Gasteiger partial charge in [-0.15, -0.1) is 0 Å². The van der Waals surface area contributed by atoms with Gasteiger partial charge in [0.05, 0.1) is 12.7 Å². The van der Waals surface area contributed by atoms with Crippen LogP contribution in [0.5, 0.6) is 0 Å². The summed E-state index contributed by atoms with van der Waals surface area (Å²) in [7, 11) is 3.39. The van der Waals surface area contributed by atoms with E-state index in [9.17, 15) is 4.79 Å². The lowest BCUT2D eigenvalue weighted by Crippen LogP contribution is -2.29. The molecule has 0 unspecified atom stereocenters. The molecule has 90 valence electrons. The molecule has 2 rings (SSSR count). The quantitative estimate of drug-likeness (QED) is 0.768. The summed E-state index contributed by atoms with van der Waals surface area (Å²) in [5.41, 5.74) is 6.30. The average Bonchev–Trinajstić information content (AvgIpc) is 2.72. The van der Waals surface area contributed by atoms with Crippen molar-refractivity contribution >= 4 is 23.2 Å². The normalized spacial score (nSPS) is 10.5. The molecule has 0 radical (unpaired) electrons. The molecule has 0 atom stereocenters. The summed E-state index contributed by atoms with van der Waals surface area (Å²) < 4.78 is 1.75. The Kier molecular flexibility index (Phi) is 2.82. The second kappa shape index (κ2) is 4.28. The van der Waals surface area contributed by atoms with Crippen molar-refractivity contribution < 1.29 is 4.79 Å². The van der Waals surface area contributed by atoms with Gasteiger partial charge in [-0.25, -0.2) is 9.97 Å². The van der Waals surface area contributed by atoms with Crippen LogP contribution >= 0.6 is 0 Å². The van der Waals surface area contributed by atoms with Crippen LogP contribution in [0, 0.1) is 0 Å². The molecular formula is C10H14N6O. The maximum absolute atomic E-state index is 11.5. The van der Waals surface area contributed by atoms with Crippen LogP contribution in [-0.2, 0) is 4.79 Å². The maximum atomic E-state index is 11.5. The molecule has 3 N–H and O–H groups in total. The number of nitrogens with one attached hydrogen (secondary N) is 1. The molecule has 0 saturated carbocycles. The number of aromatic nitrogens is 3. The summed E-state index contributed by atoms with van der Waals surface area (Å²) in [6, 6.07) is 0. The zero-order chi connectivity index (χ0) is 12.4.